The molecule has 1 N–H and O–H groups in total. The normalized spacial score (nSPS) is 24.7. The molecule has 0 aromatic carbocycles. The van der Waals surface area contributed by atoms with Crippen LogP contribution in [0.5, 0.6) is 0 Å². The third-order valence-corrected chi connectivity index (χ3v) is 4.97. The Hall–Kier alpha value is -0.870. The third kappa shape index (κ3) is 2.77. The Morgan fingerprint density at radius 1 is 1.40 bits per heavy atom. The van der Waals surface area contributed by atoms with Gasteiger partial charge in [0, 0.05) is 30.8 Å². The molecule has 0 unspecified atom stereocenters. The molecule has 2 rings (SSSR count). The molecule has 0 spiro atoms. The molecule has 1 aromatic heterocycles. The number of ether oxygens (including phenoxy) is 1. The molecule has 0 bridgehead atoms. The summed E-state index contributed by atoms with van der Waals surface area (Å²) in [6, 6.07) is 0.566. The maximum atomic E-state index is 5.78. The van der Waals surface area contributed by atoms with Gasteiger partial charge >= 0.3 is 0 Å². The lowest BCUT2D eigenvalue weighted by molar-refractivity contribution is -0.113. The number of aryl methyl sites for hydroxylation is 2. The van der Waals surface area contributed by atoms with Crippen LogP contribution in [0.4, 0.5) is 0 Å². The zero-order valence-corrected chi connectivity index (χ0v) is 13.8. The molecule has 1 aromatic rings. The van der Waals surface area contributed by atoms with Crippen molar-refractivity contribution in [3.8, 4) is 0 Å². The van der Waals surface area contributed by atoms with Crippen LogP contribution in [0.1, 0.15) is 44.1 Å². The van der Waals surface area contributed by atoms with Crippen LogP contribution >= 0.6 is 0 Å². The number of nitrogens with zero attached hydrogens (tertiary/aromatic N) is 2. The van der Waals surface area contributed by atoms with Gasteiger partial charge in [-0.05, 0) is 45.7 Å². The minimum absolute atomic E-state index is 0.245. The van der Waals surface area contributed by atoms with Gasteiger partial charge in [-0.1, -0.05) is 13.8 Å². The lowest BCUT2D eigenvalue weighted by Gasteiger charge is -2.52. The predicted octanol–water partition coefficient (Wildman–Crippen LogP) is 2.37. The van der Waals surface area contributed by atoms with Crippen molar-refractivity contribution in [2.75, 3.05) is 13.2 Å². The van der Waals surface area contributed by atoms with Crippen LogP contribution in [-0.4, -0.2) is 35.1 Å². The van der Waals surface area contributed by atoms with Crippen LogP contribution in [0.3, 0.4) is 0 Å². The second-order valence-electron chi connectivity index (χ2n) is 6.53. The highest BCUT2D eigenvalue weighted by molar-refractivity contribution is 5.24. The first kappa shape index (κ1) is 15.5. The van der Waals surface area contributed by atoms with E-state index in [1.165, 1.54) is 11.3 Å². The molecule has 4 heteroatoms. The van der Waals surface area contributed by atoms with E-state index in [2.05, 4.69) is 45.0 Å². The van der Waals surface area contributed by atoms with Crippen molar-refractivity contribution in [2.24, 2.45) is 12.5 Å². The monoisotopic (exact) mass is 279 g/mol. The van der Waals surface area contributed by atoms with Gasteiger partial charge < -0.3 is 10.1 Å². The molecule has 0 aliphatic heterocycles. The van der Waals surface area contributed by atoms with Gasteiger partial charge in [0.05, 0.1) is 11.8 Å². The van der Waals surface area contributed by atoms with Gasteiger partial charge in [0.15, 0.2) is 0 Å². The summed E-state index contributed by atoms with van der Waals surface area (Å²) in [5.74, 6) is 0. The van der Waals surface area contributed by atoms with E-state index in [4.69, 9.17) is 4.74 Å². The van der Waals surface area contributed by atoms with Crippen molar-refractivity contribution >= 4 is 0 Å². The SMILES string of the molecule is CCO[C@@H]1C[C@@H](NCCc2c(C)nn(C)c2C)C1(C)C. The van der Waals surface area contributed by atoms with Crippen LogP contribution in [0, 0.1) is 19.3 Å². The van der Waals surface area contributed by atoms with E-state index in [-0.39, 0.29) is 5.41 Å². The van der Waals surface area contributed by atoms with E-state index in [0.717, 1.165) is 31.7 Å². The molecule has 0 saturated heterocycles. The standard InChI is InChI=1S/C16H29N3O/c1-7-20-15-10-14(16(15,4)5)17-9-8-13-11(2)18-19(6)12(13)3/h14-15,17H,7-10H2,1-6H3/t14-,15-/m1/s1. The summed E-state index contributed by atoms with van der Waals surface area (Å²) in [6.45, 7) is 12.7. The second-order valence-corrected chi connectivity index (χ2v) is 6.53. The lowest BCUT2D eigenvalue weighted by Crippen LogP contribution is -2.61. The van der Waals surface area contributed by atoms with Gasteiger partial charge in [-0.2, -0.15) is 5.10 Å². The molecule has 0 amide bonds. The van der Waals surface area contributed by atoms with Crippen molar-refractivity contribution < 1.29 is 4.74 Å². The summed E-state index contributed by atoms with van der Waals surface area (Å²) in [5.41, 5.74) is 4.07. The first-order valence-corrected chi connectivity index (χ1v) is 7.72. The van der Waals surface area contributed by atoms with Crippen LogP contribution in [0.25, 0.3) is 0 Å². The van der Waals surface area contributed by atoms with Crippen molar-refractivity contribution in [1.29, 1.82) is 0 Å². The number of rotatable bonds is 6. The number of hydrogen-bond donors (Lipinski definition) is 1. The summed E-state index contributed by atoms with van der Waals surface area (Å²) >= 11 is 0. The Kier molecular flexibility index (Phi) is 4.55. The molecule has 2 atom stereocenters. The highest BCUT2D eigenvalue weighted by atomic mass is 16.5. The molecule has 4 nitrogen and oxygen atoms in total. The van der Waals surface area contributed by atoms with Crippen LogP contribution in [-0.2, 0) is 18.2 Å². The Morgan fingerprint density at radius 2 is 2.10 bits per heavy atom. The molecule has 114 valence electrons. The van der Waals surface area contributed by atoms with E-state index in [9.17, 15) is 0 Å². The second kappa shape index (κ2) is 5.86. The molecule has 1 fully saturated rings. The van der Waals surface area contributed by atoms with Gasteiger partial charge in [-0.25, -0.2) is 0 Å². The fourth-order valence-corrected chi connectivity index (χ4v) is 3.27. The number of nitrogens with one attached hydrogen (secondary N) is 1. The minimum Gasteiger partial charge on any atom is -0.378 e. The highest BCUT2D eigenvalue weighted by Crippen LogP contribution is 2.42. The molecule has 1 heterocycles. The topological polar surface area (TPSA) is 39.1 Å². The first-order chi connectivity index (χ1) is 9.37. The Balaban J connectivity index is 1.83. The highest BCUT2D eigenvalue weighted by Gasteiger charge is 2.48. The van der Waals surface area contributed by atoms with E-state index in [0.29, 0.717) is 12.1 Å². The van der Waals surface area contributed by atoms with Gasteiger partial charge in [-0.3, -0.25) is 4.68 Å². The van der Waals surface area contributed by atoms with Crippen molar-refractivity contribution in [1.82, 2.24) is 15.1 Å². The van der Waals surface area contributed by atoms with Gasteiger partial charge in [0.2, 0.25) is 0 Å². The number of aromatic nitrogens is 2. The Bertz CT molecular complexity index is 465. The zero-order valence-electron chi connectivity index (χ0n) is 13.8. The summed E-state index contributed by atoms with van der Waals surface area (Å²) < 4.78 is 7.75. The van der Waals surface area contributed by atoms with Gasteiger partial charge in [0.25, 0.3) is 0 Å². The van der Waals surface area contributed by atoms with Crippen molar-refractivity contribution in [3.05, 3.63) is 17.0 Å². The van der Waals surface area contributed by atoms with Crippen LogP contribution in [0.15, 0.2) is 0 Å². The van der Waals surface area contributed by atoms with E-state index >= 15 is 0 Å². The van der Waals surface area contributed by atoms with Gasteiger partial charge in [-0.15, -0.1) is 0 Å². The third-order valence-electron chi connectivity index (χ3n) is 4.97. The van der Waals surface area contributed by atoms with E-state index in [1.807, 2.05) is 11.7 Å². The van der Waals surface area contributed by atoms with Crippen molar-refractivity contribution in [2.45, 2.75) is 59.6 Å². The van der Waals surface area contributed by atoms with Gasteiger partial charge in [0.1, 0.15) is 0 Å². The molecule has 1 aliphatic rings. The smallest absolute Gasteiger partial charge is 0.0655 e. The molecular formula is C16H29N3O. The Labute approximate surface area is 122 Å². The average molecular weight is 279 g/mol. The predicted molar refractivity (Wildman–Crippen MR) is 82.0 cm³/mol. The van der Waals surface area contributed by atoms with Crippen LogP contribution in [0.2, 0.25) is 0 Å². The molecule has 20 heavy (non-hydrogen) atoms. The average Bonchev–Trinajstić information content (AvgIpc) is 2.62. The molecular weight excluding hydrogens is 250 g/mol. The fourth-order valence-electron chi connectivity index (χ4n) is 3.27. The Morgan fingerprint density at radius 3 is 2.60 bits per heavy atom. The summed E-state index contributed by atoms with van der Waals surface area (Å²) in [6.07, 6.45) is 2.59. The van der Waals surface area contributed by atoms with Crippen molar-refractivity contribution in [3.63, 3.8) is 0 Å². The fraction of sp³-hybridized carbons (Fsp3) is 0.812. The maximum Gasteiger partial charge on any atom is 0.0655 e. The summed E-state index contributed by atoms with van der Waals surface area (Å²) in [5, 5.41) is 8.17. The lowest BCUT2D eigenvalue weighted by atomic mass is 9.64. The quantitative estimate of drug-likeness (QED) is 0.869. The van der Waals surface area contributed by atoms with E-state index in [1.54, 1.807) is 0 Å². The molecule has 0 radical (unpaired) electrons. The maximum absolute atomic E-state index is 5.78. The molecule has 1 saturated carbocycles. The zero-order chi connectivity index (χ0) is 14.9. The van der Waals surface area contributed by atoms with E-state index < -0.39 is 0 Å². The van der Waals surface area contributed by atoms with Crippen LogP contribution < -0.4 is 5.32 Å². The molecule has 1 aliphatic carbocycles. The summed E-state index contributed by atoms with van der Waals surface area (Å²) in [4.78, 5) is 0. The first-order valence-electron chi connectivity index (χ1n) is 7.72. The summed E-state index contributed by atoms with van der Waals surface area (Å²) in [7, 11) is 2.01. The largest absolute Gasteiger partial charge is 0.378 e. The minimum atomic E-state index is 0.245. The number of hydrogen-bond acceptors (Lipinski definition) is 3.